The molecule has 1 aliphatic rings. The number of benzene rings is 2. The first-order chi connectivity index (χ1) is 15.6. The number of hydrogen-bond acceptors (Lipinski definition) is 8. The van der Waals surface area contributed by atoms with E-state index in [1.54, 1.807) is 12.1 Å². The number of para-hydroxylation sites is 1. The predicted octanol–water partition coefficient (Wildman–Crippen LogP) is 4.00. The van der Waals surface area contributed by atoms with E-state index in [9.17, 15) is 4.79 Å². The highest BCUT2D eigenvalue weighted by Gasteiger charge is 2.18. The molecule has 2 aromatic heterocycles. The van der Waals surface area contributed by atoms with Gasteiger partial charge < -0.3 is 19.2 Å². The van der Waals surface area contributed by atoms with Gasteiger partial charge in [0.15, 0.2) is 11.5 Å². The number of anilines is 1. The van der Waals surface area contributed by atoms with Gasteiger partial charge >= 0.3 is 0 Å². The van der Waals surface area contributed by atoms with E-state index < -0.39 is 0 Å². The maximum Gasteiger partial charge on any atom is 0.277 e. The summed E-state index contributed by atoms with van der Waals surface area (Å²) in [7, 11) is 0. The molecule has 0 bridgehead atoms. The van der Waals surface area contributed by atoms with Crippen molar-refractivity contribution in [2.24, 2.45) is 0 Å². The zero-order chi connectivity index (χ0) is 22.1. The molecular weight excluding hydrogens is 430 g/mol. The minimum Gasteiger partial charge on any atom is -0.454 e. The molecule has 0 aliphatic carbocycles. The fourth-order valence-electron chi connectivity index (χ4n) is 3.36. The Labute approximate surface area is 187 Å². The standard InChI is InChI=1S/C22H19N5O4S/c1-13-20(14(2)27(26-13)16-6-4-3-5-7-16)23-19(28)11-32-22-25-24-21(31-22)15-8-9-17-18(10-15)30-12-29-17/h3-10H,11-12H2,1-2H3,(H,23,28). The van der Waals surface area contributed by atoms with Crippen LogP contribution < -0.4 is 14.8 Å². The number of thioether (sulfide) groups is 1. The highest BCUT2D eigenvalue weighted by Crippen LogP contribution is 2.36. The third-order valence-electron chi connectivity index (χ3n) is 4.91. The normalized spacial score (nSPS) is 12.2. The van der Waals surface area contributed by atoms with Crippen LogP contribution in [0.15, 0.2) is 58.2 Å². The monoisotopic (exact) mass is 449 g/mol. The van der Waals surface area contributed by atoms with Crippen LogP contribution in [0.5, 0.6) is 11.5 Å². The molecule has 3 heterocycles. The van der Waals surface area contributed by atoms with Gasteiger partial charge in [-0.3, -0.25) is 4.79 Å². The van der Waals surface area contributed by atoms with Crippen LogP contribution in [0.2, 0.25) is 0 Å². The van der Waals surface area contributed by atoms with Gasteiger partial charge in [0.2, 0.25) is 18.6 Å². The first-order valence-corrected chi connectivity index (χ1v) is 10.8. The number of rotatable bonds is 6. The van der Waals surface area contributed by atoms with Gasteiger partial charge in [-0.25, -0.2) is 4.68 Å². The van der Waals surface area contributed by atoms with Crippen molar-refractivity contribution in [3.05, 3.63) is 59.9 Å². The van der Waals surface area contributed by atoms with Gasteiger partial charge in [0.05, 0.1) is 28.5 Å². The van der Waals surface area contributed by atoms with E-state index in [2.05, 4.69) is 20.6 Å². The molecule has 0 unspecified atom stereocenters. The first kappa shape index (κ1) is 20.1. The number of fused-ring (bicyclic) bond motifs is 1. The van der Waals surface area contributed by atoms with Crippen LogP contribution in [-0.4, -0.2) is 38.4 Å². The molecule has 32 heavy (non-hydrogen) atoms. The van der Waals surface area contributed by atoms with Crippen molar-refractivity contribution in [2.75, 3.05) is 17.9 Å². The van der Waals surface area contributed by atoms with Gasteiger partial charge in [-0.1, -0.05) is 30.0 Å². The summed E-state index contributed by atoms with van der Waals surface area (Å²) in [4.78, 5) is 12.6. The van der Waals surface area contributed by atoms with Crippen molar-refractivity contribution >= 4 is 23.4 Å². The maximum atomic E-state index is 12.6. The summed E-state index contributed by atoms with van der Waals surface area (Å²) in [5.41, 5.74) is 3.95. The van der Waals surface area contributed by atoms with Crippen molar-refractivity contribution in [3.8, 4) is 28.6 Å². The Bertz CT molecular complexity index is 1280. The Morgan fingerprint density at radius 1 is 1.09 bits per heavy atom. The van der Waals surface area contributed by atoms with Crippen LogP contribution in [-0.2, 0) is 4.79 Å². The number of carbonyl (C=O) groups is 1. The lowest BCUT2D eigenvalue weighted by Crippen LogP contribution is -2.15. The largest absolute Gasteiger partial charge is 0.454 e. The Morgan fingerprint density at radius 3 is 2.75 bits per heavy atom. The van der Waals surface area contributed by atoms with Crippen LogP contribution in [0, 0.1) is 13.8 Å². The van der Waals surface area contributed by atoms with E-state index in [-0.39, 0.29) is 18.5 Å². The third-order valence-corrected chi connectivity index (χ3v) is 5.73. The molecule has 2 aromatic carbocycles. The molecule has 0 atom stereocenters. The Hall–Kier alpha value is -3.79. The van der Waals surface area contributed by atoms with Gasteiger partial charge in [0, 0.05) is 5.56 Å². The maximum absolute atomic E-state index is 12.6. The summed E-state index contributed by atoms with van der Waals surface area (Å²) in [6, 6.07) is 15.2. The summed E-state index contributed by atoms with van der Waals surface area (Å²) in [5.74, 6) is 1.61. The zero-order valence-corrected chi connectivity index (χ0v) is 18.2. The number of aromatic nitrogens is 4. The van der Waals surface area contributed by atoms with Gasteiger partial charge in [-0.05, 0) is 44.2 Å². The van der Waals surface area contributed by atoms with E-state index in [0.717, 1.165) is 22.6 Å². The fraction of sp³-hybridized carbons (Fsp3) is 0.182. The summed E-state index contributed by atoms with van der Waals surface area (Å²) >= 11 is 1.17. The number of nitrogens with zero attached hydrogens (tertiary/aromatic N) is 4. The van der Waals surface area contributed by atoms with Gasteiger partial charge in [-0.2, -0.15) is 5.10 Å². The lowest BCUT2D eigenvalue weighted by atomic mass is 10.2. The minimum absolute atomic E-state index is 0.123. The zero-order valence-electron chi connectivity index (χ0n) is 17.4. The highest BCUT2D eigenvalue weighted by atomic mass is 32.2. The number of hydrogen-bond donors (Lipinski definition) is 1. The molecule has 0 fully saturated rings. The summed E-state index contributed by atoms with van der Waals surface area (Å²) in [6.07, 6.45) is 0. The number of ether oxygens (including phenoxy) is 2. The molecule has 10 heteroatoms. The van der Waals surface area contributed by atoms with Crippen molar-refractivity contribution in [3.63, 3.8) is 0 Å². The number of aryl methyl sites for hydroxylation is 1. The number of carbonyl (C=O) groups excluding carboxylic acids is 1. The van der Waals surface area contributed by atoms with Crippen LogP contribution >= 0.6 is 11.8 Å². The molecule has 1 amide bonds. The Balaban J connectivity index is 1.23. The molecule has 5 rings (SSSR count). The van der Waals surface area contributed by atoms with Crippen molar-refractivity contribution in [2.45, 2.75) is 19.1 Å². The molecule has 4 aromatic rings. The summed E-state index contributed by atoms with van der Waals surface area (Å²) in [5, 5.41) is 15.9. The van der Waals surface area contributed by atoms with E-state index in [1.807, 2.05) is 54.9 Å². The summed E-state index contributed by atoms with van der Waals surface area (Å²) < 4.78 is 18.2. The molecule has 0 saturated carbocycles. The average molecular weight is 449 g/mol. The molecule has 162 valence electrons. The van der Waals surface area contributed by atoms with Crippen molar-refractivity contribution in [1.82, 2.24) is 20.0 Å². The molecule has 1 aliphatic heterocycles. The van der Waals surface area contributed by atoms with Crippen molar-refractivity contribution < 1.29 is 18.7 Å². The quantitative estimate of drug-likeness (QED) is 0.441. The number of nitrogens with one attached hydrogen (secondary N) is 1. The van der Waals surface area contributed by atoms with E-state index >= 15 is 0 Å². The average Bonchev–Trinajstić information content (AvgIpc) is 3.53. The van der Waals surface area contributed by atoms with Crippen LogP contribution in [0.25, 0.3) is 17.1 Å². The van der Waals surface area contributed by atoms with Crippen LogP contribution in [0.3, 0.4) is 0 Å². The minimum atomic E-state index is -0.184. The molecular formula is C22H19N5O4S. The SMILES string of the molecule is Cc1nn(-c2ccccc2)c(C)c1NC(=O)CSc1nnc(-c2ccc3c(c2)OCO3)o1. The predicted molar refractivity (Wildman–Crippen MR) is 118 cm³/mol. The summed E-state index contributed by atoms with van der Waals surface area (Å²) in [6.45, 7) is 3.98. The highest BCUT2D eigenvalue weighted by molar-refractivity contribution is 7.99. The van der Waals surface area contributed by atoms with Crippen molar-refractivity contribution in [1.29, 1.82) is 0 Å². The topological polar surface area (TPSA) is 104 Å². The second-order valence-corrected chi connectivity index (χ2v) is 8.00. The number of amides is 1. The molecule has 0 spiro atoms. The van der Waals surface area contributed by atoms with Gasteiger partial charge in [0.1, 0.15) is 0 Å². The van der Waals surface area contributed by atoms with Crippen LogP contribution in [0.1, 0.15) is 11.4 Å². The van der Waals surface area contributed by atoms with E-state index in [0.29, 0.717) is 28.3 Å². The molecule has 9 nitrogen and oxygen atoms in total. The van der Waals surface area contributed by atoms with E-state index in [4.69, 9.17) is 13.9 Å². The van der Waals surface area contributed by atoms with Gasteiger partial charge in [-0.15, -0.1) is 10.2 Å². The molecule has 1 N–H and O–H groups in total. The molecule has 0 radical (unpaired) electrons. The Kier molecular flexibility index (Phi) is 5.28. The van der Waals surface area contributed by atoms with Crippen LogP contribution in [0.4, 0.5) is 5.69 Å². The second-order valence-electron chi connectivity index (χ2n) is 7.07. The smallest absolute Gasteiger partial charge is 0.277 e. The second kappa shape index (κ2) is 8.39. The molecule has 0 saturated heterocycles. The first-order valence-electron chi connectivity index (χ1n) is 9.86. The lowest BCUT2D eigenvalue weighted by Gasteiger charge is -2.06. The lowest BCUT2D eigenvalue weighted by molar-refractivity contribution is -0.113. The van der Waals surface area contributed by atoms with E-state index in [1.165, 1.54) is 11.8 Å². The van der Waals surface area contributed by atoms with Gasteiger partial charge in [0.25, 0.3) is 5.22 Å². The Morgan fingerprint density at radius 2 is 1.91 bits per heavy atom. The fourth-order valence-corrected chi connectivity index (χ4v) is 3.92. The third kappa shape index (κ3) is 3.92.